The summed E-state index contributed by atoms with van der Waals surface area (Å²) in [5, 5.41) is 0. The van der Waals surface area contributed by atoms with Gasteiger partial charge in [-0.05, 0) is 47.5 Å². The standard InChI is InChI=1S/C24H22F2N2O2/c25-19-8-4-17(5-9-19)14-21-2-1-3-22(27-21)23-16-28(12-13-30-23)24(29)15-18-6-10-20(26)11-7-18/h1-11,23H,12-16H2/t23-/m0/s1. The number of benzene rings is 2. The molecule has 2 aromatic carbocycles. The zero-order valence-electron chi connectivity index (χ0n) is 16.4. The van der Waals surface area contributed by atoms with Crippen LogP contribution < -0.4 is 0 Å². The van der Waals surface area contributed by atoms with Gasteiger partial charge in [-0.1, -0.05) is 30.3 Å². The lowest BCUT2D eigenvalue weighted by molar-refractivity contribution is -0.138. The third kappa shape index (κ3) is 5.07. The van der Waals surface area contributed by atoms with Crippen molar-refractivity contribution in [2.45, 2.75) is 18.9 Å². The Morgan fingerprint density at radius 3 is 2.33 bits per heavy atom. The van der Waals surface area contributed by atoms with Gasteiger partial charge in [-0.25, -0.2) is 8.78 Å². The number of nitrogens with zero attached hydrogens (tertiary/aromatic N) is 2. The Bertz CT molecular complexity index is 1010. The molecule has 1 atom stereocenters. The Morgan fingerprint density at radius 2 is 1.63 bits per heavy atom. The Kier molecular flexibility index (Phi) is 6.14. The summed E-state index contributed by atoms with van der Waals surface area (Å²) in [4.78, 5) is 19.2. The molecule has 0 saturated carbocycles. The smallest absolute Gasteiger partial charge is 0.227 e. The third-order valence-electron chi connectivity index (χ3n) is 5.14. The maximum atomic E-state index is 13.1. The number of ether oxygens (including phenoxy) is 1. The van der Waals surface area contributed by atoms with Crippen LogP contribution in [-0.2, 0) is 22.4 Å². The number of pyridine rings is 1. The molecular formula is C24H22F2N2O2. The second-order valence-electron chi connectivity index (χ2n) is 7.36. The molecule has 0 N–H and O–H groups in total. The normalized spacial score (nSPS) is 16.5. The van der Waals surface area contributed by atoms with Crippen molar-refractivity contribution in [2.24, 2.45) is 0 Å². The molecule has 30 heavy (non-hydrogen) atoms. The molecule has 0 spiro atoms. The topological polar surface area (TPSA) is 42.4 Å². The van der Waals surface area contributed by atoms with Gasteiger partial charge in [0, 0.05) is 18.7 Å². The van der Waals surface area contributed by atoms with E-state index in [2.05, 4.69) is 0 Å². The van der Waals surface area contributed by atoms with E-state index in [0.29, 0.717) is 26.1 Å². The summed E-state index contributed by atoms with van der Waals surface area (Å²) < 4.78 is 32.1. The molecule has 0 unspecified atom stereocenters. The number of morpholine rings is 1. The molecule has 1 fully saturated rings. The monoisotopic (exact) mass is 408 g/mol. The van der Waals surface area contributed by atoms with Crippen LogP contribution in [0.25, 0.3) is 0 Å². The highest BCUT2D eigenvalue weighted by molar-refractivity contribution is 5.78. The molecule has 3 aromatic rings. The third-order valence-corrected chi connectivity index (χ3v) is 5.14. The summed E-state index contributed by atoms with van der Waals surface area (Å²) in [6.07, 6.45) is 0.517. The van der Waals surface area contributed by atoms with Gasteiger partial charge in [0.1, 0.15) is 17.7 Å². The van der Waals surface area contributed by atoms with Gasteiger partial charge in [0.05, 0.1) is 25.3 Å². The summed E-state index contributed by atoms with van der Waals surface area (Å²) >= 11 is 0. The Balaban J connectivity index is 1.42. The van der Waals surface area contributed by atoms with Crippen LogP contribution in [0.4, 0.5) is 8.78 Å². The van der Waals surface area contributed by atoms with Crippen molar-refractivity contribution < 1.29 is 18.3 Å². The number of aromatic nitrogens is 1. The maximum Gasteiger partial charge on any atom is 0.227 e. The summed E-state index contributed by atoms with van der Waals surface area (Å²) in [5.41, 5.74) is 3.39. The zero-order chi connectivity index (χ0) is 20.9. The molecule has 0 radical (unpaired) electrons. The maximum absolute atomic E-state index is 13.1. The predicted octanol–water partition coefficient (Wildman–Crippen LogP) is 4.09. The molecule has 0 aliphatic carbocycles. The highest BCUT2D eigenvalue weighted by Gasteiger charge is 2.26. The fourth-order valence-corrected chi connectivity index (χ4v) is 3.53. The molecule has 1 aromatic heterocycles. The molecule has 2 heterocycles. The first-order chi connectivity index (χ1) is 14.6. The average Bonchev–Trinajstić information content (AvgIpc) is 2.77. The lowest BCUT2D eigenvalue weighted by Gasteiger charge is -2.33. The molecule has 1 aliphatic rings. The molecule has 154 valence electrons. The van der Waals surface area contributed by atoms with E-state index in [1.807, 2.05) is 18.2 Å². The van der Waals surface area contributed by atoms with Gasteiger partial charge >= 0.3 is 0 Å². The SMILES string of the molecule is O=C(Cc1ccc(F)cc1)N1CCO[C@H](c2cccc(Cc3ccc(F)cc3)n2)C1. The van der Waals surface area contributed by atoms with E-state index in [4.69, 9.17) is 9.72 Å². The number of amides is 1. The first-order valence-corrected chi connectivity index (χ1v) is 9.91. The summed E-state index contributed by atoms with van der Waals surface area (Å²) in [6.45, 7) is 1.38. The Morgan fingerprint density at radius 1 is 0.967 bits per heavy atom. The highest BCUT2D eigenvalue weighted by Crippen LogP contribution is 2.22. The molecule has 1 aliphatic heterocycles. The summed E-state index contributed by atoms with van der Waals surface area (Å²) in [7, 11) is 0. The quantitative estimate of drug-likeness (QED) is 0.639. The first-order valence-electron chi connectivity index (χ1n) is 9.91. The van der Waals surface area contributed by atoms with Crippen LogP contribution in [0.3, 0.4) is 0 Å². The zero-order valence-corrected chi connectivity index (χ0v) is 16.4. The van der Waals surface area contributed by atoms with Crippen molar-refractivity contribution in [3.8, 4) is 0 Å². The van der Waals surface area contributed by atoms with Crippen molar-refractivity contribution in [2.75, 3.05) is 19.7 Å². The molecule has 4 nitrogen and oxygen atoms in total. The van der Waals surface area contributed by atoms with E-state index in [0.717, 1.165) is 22.5 Å². The van der Waals surface area contributed by atoms with Crippen LogP contribution in [-0.4, -0.2) is 35.5 Å². The van der Waals surface area contributed by atoms with Gasteiger partial charge in [0.25, 0.3) is 0 Å². The Labute approximate surface area is 174 Å². The second-order valence-corrected chi connectivity index (χ2v) is 7.36. The molecule has 4 rings (SSSR count). The molecular weight excluding hydrogens is 386 g/mol. The number of hydrogen-bond donors (Lipinski definition) is 0. The molecule has 0 bridgehead atoms. The van der Waals surface area contributed by atoms with Crippen molar-refractivity contribution in [3.63, 3.8) is 0 Å². The van der Waals surface area contributed by atoms with Crippen LogP contribution in [0.1, 0.15) is 28.6 Å². The van der Waals surface area contributed by atoms with Crippen molar-refractivity contribution in [3.05, 3.63) is 101 Å². The average molecular weight is 408 g/mol. The molecule has 6 heteroatoms. The largest absolute Gasteiger partial charge is 0.368 e. The van der Waals surface area contributed by atoms with Crippen molar-refractivity contribution in [1.29, 1.82) is 0 Å². The van der Waals surface area contributed by atoms with Crippen molar-refractivity contribution >= 4 is 5.91 Å². The van der Waals surface area contributed by atoms with Gasteiger partial charge in [-0.15, -0.1) is 0 Å². The lowest BCUT2D eigenvalue weighted by Crippen LogP contribution is -2.43. The minimum absolute atomic E-state index is 0.0163. The summed E-state index contributed by atoms with van der Waals surface area (Å²) in [6, 6.07) is 18.1. The second kappa shape index (κ2) is 9.13. The van der Waals surface area contributed by atoms with Gasteiger partial charge in [-0.2, -0.15) is 0 Å². The van der Waals surface area contributed by atoms with Crippen LogP contribution in [0, 0.1) is 11.6 Å². The first kappa shape index (κ1) is 20.2. The van der Waals surface area contributed by atoms with E-state index >= 15 is 0 Å². The minimum Gasteiger partial charge on any atom is -0.368 e. The van der Waals surface area contributed by atoms with Crippen LogP contribution in [0.5, 0.6) is 0 Å². The number of halogens is 2. The predicted molar refractivity (Wildman–Crippen MR) is 109 cm³/mol. The van der Waals surface area contributed by atoms with Gasteiger partial charge in [0.15, 0.2) is 0 Å². The number of rotatable bonds is 5. The van der Waals surface area contributed by atoms with E-state index in [1.54, 1.807) is 29.2 Å². The summed E-state index contributed by atoms with van der Waals surface area (Å²) in [5.74, 6) is -0.594. The van der Waals surface area contributed by atoms with Gasteiger partial charge < -0.3 is 9.64 Å². The lowest BCUT2D eigenvalue weighted by atomic mass is 10.1. The van der Waals surface area contributed by atoms with Crippen molar-refractivity contribution in [1.82, 2.24) is 9.88 Å². The van der Waals surface area contributed by atoms with Gasteiger partial charge in [-0.3, -0.25) is 9.78 Å². The van der Waals surface area contributed by atoms with Gasteiger partial charge in [0.2, 0.25) is 5.91 Å². The van der Waals surface area contributed by atoms with E-state index in [1.165, 1.54) is 24.3 Å². The van der Waals surface area contributed by atoms with Crippen LogP contribution in [0.15, 0.2) is 66.7 Å². The van der Waals surface area contributed by atoms with E-state index in [-0.39, 0.29) is 30.1 Å². The number of carbonyl (C=O) groups is 1. The fourth-order valence-electron chi connectivity index (χ4n) is 3.53. The number of carbonyl (C=O) groups excluding carboxylic acids is 1. The van der Waals surface area contributed by atoms with Crippen LogP contribution in [0.2, 0.25) is 0 Å². The molecule has 1 saturated heterocycles. The number of hydrogen-bond acceptors (Lipinski definition) is 3. The fraction of sp³-hybridized carbons (Fsp3) is 0.250. The van der Waals surface area contributed by atoms with Crippen LogP contribution >= 0.6 is 0 Å². The van der Waals surface area contributed by atoms with E-state index in [9.17, 15) is 13.6 Å². The van der Waals surface area contributed by atoms with E-state index < -0.39 is 0 Å². The Hall–Kier alpha value is -3.12. The molecule has 1 amide bonds. The minimum atomic E-state index is -0.316. The highest BCUT2D eigenvalue weighted by atomic mass is 19.1.